The zero-order chi connectivity index (χ0) is 21.5. The van der Waals surface area contributed by atoms with Crippen LogP contribution in [0.2, 0.25) is 0 Å². The Labute approximate surface area is 177 Å². The van der Waals surface area contributed by atoms with Gasteiger partial charge in [-0.05, 0) is 73.4 Å². The van der Waals surface area contributed by atoms with Crippen molar-refractivity contribution < 1.29 is 14.3 Å². The van der Waals surface area contributed by atoms with Crippen LogP contribution in [0.5, 0.6) is 5.75 Å². The first-order valence-corrected chi connectivity index (χ1v) is 10.4. The van der Waals surface area contributed by atoms with Gasteiger partial charge < -0.3 is 9.64 Å². The molecule has 3 rings (SSSR count). The lowest BCUT2D eigenvalue weighted by Crippen LogP contribution is -2.30. The van der Waals surface area contributed by atoms with Gasteiger partial charge in [0.25, 0.3) is 0 Å². The number of carbonyl (C=O) groups excluding carboxylic acids is 2. The Hall–Kier alpha value is -3.15. The van der Waals surface area contributed by atoms with Gasteiger partial charge in [-0.25, -0.2) is 5.43 Å². The second kappa shape index (κ2) is 10.1. The van der Waals surface area contributed by atoms with Gasteiger partial charge in [-0.2, -0.15) is 5.10 Å². The second-order valence-electron chi connectivity index (χ2n) is 7.68. The third-order valence-corrected chi connectivity index (χ3v) is 5.33. The first-order chi connectivity index (χ1) is 14.5. The molecule has 30 heavy (non-hydrogen) atoms. The Morgan fingerprint density at radius 2 is 1.97 bits per heavy atom. The van der Waals surface area contributed by atoms with Crippen molar-refractivity contribution >= 4 is 23.7 Å². The number of hydrazone groups is 1. The predicted molar refractivity (Wildman–Crippen MR) is 119 cm³/mol. The van der Waals surface area contributed by atoms with Crippen LogP contribution >= 0.6 is 0 Å². The molecular weight excluding hydrogens is 378 g/mol. The normalized spacial score (nSPS) is 16.3. The Bertz CT molecular complexity index is 922. The average molecular weight is 408 g/mol. The van der Waals surface area contributed by atoms with Crippen LogP contribution in [0.3, 0.4) is 0 Å². The van der Waals surface area contributed by atoms with Gasteiger partial charge in [-0.1, -0.05) is 19.4 Å². The van der Waals surface area contributed by atoms with E-state index in [1.165, 1.54) is 5.56 Å². The summed E-state index contributed by atoms with van der Waals surface area (Å²) in [5.41, 5.74) is 6.56. The number of amides is 2. The highest BCUT2D eigenvalue weighted by atomic mass is 16.5. The fourth-order valence-corrected chi connectivity index (χ4v) is 3.27. The monoisotopic (exact) mass is 407 g/mol. The maximum Gasteiger partial charge on any atom is 0.245 e. The van der Waals surface area contributed by atoms with E-state index in [2.05, 4.69) is 17.5 Å². The van der Waals surface area contributed by atoms with Crippen LogP contribution in [0.4, 0.5) is 5.69 Å². The summed E-state index contributed by atoms with van der Waals surface area (Å²) < 4.78 is 5.63. The standard InChI is InChI=1S/C24H29N3O3/c1-4-5-12-30-22-10-7-19(8-11-22)15-25-26-24(29)20-14-23(28)27(16-20)21-9-6-17(2)18(3)13-21/h6-11,13,15,20H,4-5,12,14,16H2,1-3H3,(H,26,29)/b25-15-/t20-/m1/s1. The van der Waals surface area contributed by atoms with Crippen molar-refractivity contribution in [3.63, 3.8) is 0 Å². The van der Waals surface area contributed by atoms with Crippen LogP contribution in [0.1, 0.15) is 42.9 Å². The van der Waals surface area contributed by atoms with Gasteiger partial charge >= 0.3 is 0 Å². The van der Waals surface area contributed by atoms with Crippen molar-refractivity contribution in [1.82, 2.24) is 5.43 Å². The van der Waals surface area contributed by atoms with Gasteiger partial charge in [0, 0.05) is 18.7 Å². The highest BCUT2D eigenvalue weighted by Crippen LogP contribution is 2.26. The lowest BCUT2D eigenvalue weighted by atomic mass is 10.1. The molecule has 0 spiro atoms. The number of aryl methyl sites for hydroxylation is 2. The van der Waals surface area contributed by atoms with Crippen molar-refractivity contribution in [3.8, 4) is 5.75 Å². The van der Waals surface area contributed by atoms with Gasteiger partial charge in [0.1, 0.15) is 5.75 Å². The SMILES string of the molecule is CCCCOc1ccc(/C=N\NC(=O)[C@@H]2CC(=O)N(c3ccc(C)c(C)c3)C2)cc1. The number of nitrogens with one attached hydrogen (secondary N) is 1. The molecule has 0 unspecified atom stereocenters. The molecule has 0 aliphatic carbocycles. The van der Waals surface area contributed by atoms with E-state index < -0.39 is 5.92 Å². The maximum absolute atomic E-state index is 12.5. The molecule has 158 valence electrons. The van der Waals surface area contributed by atoms with Crippen molar-refractivity contribution in [2.24, 2.45) is 11.0 Å². The quantitative estimate of drug-likeness (QED) is 0.409. The van der Waals surface area contributed by atoms with E-state index in [1.807, 2.05) is 56.3 Å². The van der Waals surface area contributed by atoms with E-state index in [9.17, 15) is 9.59 Å². The highest BCUT2D eigenvalue weighted by Gasteiger charge is 2.35. The van der Waals surface area contributed by atoms with E-state index in [-0.39, 0.29) is 18.2 Å². The number of anilines is 1. The summed E-state index contributed by atoms with van der Waals surface area (Å²) in [6.07, 6.45) is 3.91. The third kappa shape index (κ3) is 5.47. The Kier molecular flexibility index (Phi) is 7.22. The summed E-state index contributed by atoms with van der Waals surface area (Å²) in [4.78, 5) is 26.5. The minimum atomic E-state index is -0.411. The van der Waals surface area contributed by atoms with Gasteiger partial charge in [-0.3, -0.25) is 9.59 Å². The molecular formula is C24H29N3O3. The largest absolute Gasteiger partial charge is 0.494 e. The van der Waals surface area contributed by atoms with Crippen molar-refractivity contribution in [3.05, 3.63) is 59.2 Å². The number of hydrogen-bond acceptors (Lipinski definition) is 4. The molecule has 6 heteroatoms. The van der Waals surface area contributed by atoms with E-state index >= 15 is 0 Å². The van der Waals surface area contributed by atoms with Crippen LogP contribution in [0, 0.1) is 19.8 Å². The average Bonchev–Trinajstić information content (AvgIpc) is 3.13. The minimum Gasteiger partial charge on any atom is -0.494 e. The number of carbonyl (C=O) groups is 2. The summed E-state index contributed by atoms with van der Waals surface area (Å²) in [5.74, 6) is 0.123. The molecule has 6 nitrogen and oxygen atoms in total. The van der Waals surface area contributed by atoms with Crippen LogP contribution in [0.25, 0.3) is 0 Å². The van der Waals surface area contributed by atoms with E-state index in [0.29, 0.717) is 13.2 Å². The molecule has 1 fully saturated rings. The summed E-state index contributed by atoms with van der Waals surface area (Å²) in [7, 11) is 0. The minimum absolute atomic E-state index is 0.0407. The van der Waals surface area contributed by atoms with Gasteiger partial charge in [0.2, 0.25) is 11.8 Å². The number of benzene rings is 2. The van der Waals surface area contributed by atoms with Crippen molar-refractivity contribution in [2.75, 3.05) is 18.1 Å². The van der Waals surface area contributed by atoms with E-state index in [4.69, 9.17) is 4.74 Å². The molecule has 2 aromatic rings. The number of ether oxygens (including phenoxy) is 1. The highest BCUT2D eigenvalue weighted by molar-refractivity contribution is 6.00. The predicted octanol–water partition coefficient (Wildman–Crippen LogP) is 3.99. The Balaban J connectivity index is 1.52. The first kappa shape index (κ1) is 21.6. The van der Waals surface area contributed by atoms with Crippen molar-refractivity contribution in [2.45, 2.75) is 40.0 Å². The van der Waals surface area contributed by atoms with Crippen molar-refractivity contribution in [1.29, 1.82) is 0 Å². The summed E-state index contributed by atoms with van der Waals surface area (Å²) in [6, 6.07) is 13.5. The number of nitrogens with zero attached hydrogens (tertiary/aromatic N) is 2. The first-order valence-electron chi connectivity index (χ1n) is 10.4. The molecule has 1 N–H and O–H groups in total. The molecule has 1 heterocycles. The fourth-order valence-electron chi connectivity index (χ4n) is 3.27. The number of hydrogen-bond donors (Lipinski definition) is 1. The molecule has 0 radical (unpaired) electrons. The smallest absolute Gasteiger partial charge is 0.245 e. The van der Waals surface area contributed by atoms with Gasteiger partial charge in [-0.15, -0.1) is 0 Å². The van der Waals surface area contributed by atoms with Crippen LogP contribution in [-0.2, 0) is 9.59 Å². The summed E-state index contributed by atoms with van der Waals surface area (Å²) in [6.45, 7) is 7.25. The Morgan fingerprint density at radius 3 is 2.67 bits per heavy atom. The topological polar surface area (TPSA) is 71.0 Å². The fraction of sp³-hybridized carbons (Fsp3) is 0.375. The van der Waals surface area contributed by atoms with E-state index in [1.54, 1.807) is 11.1 Å². The van der Waals surface area contributed by atoms with Crippen LogP contribution in [0.15, 0.2) is 47.6 Å². The molecule has 1 atom stereocenters. The molecule has 1 aliphatic heterocycles. The van der Waals surface area contributed by atoms with Gasteiger partial charge in [0.15, 0.2) is 0 Å². The number of rotatable bonds is 8. The molecule has 0 saturated carbocycles. The zero-order valence-corrected chi connectivity index (χ0v) is 17.9. The van der Waals surface area contributed by atoms with Crippen LogP contribution < -0.4 is 15.1 Å². The lowest BCUT2D eigenvalue weighted by molar-refractivity contribution is -0.126. The maximum atomic E-state index is 12.5. The molecule has 0 bridgehead atoms. The zero-order valence-electron chi connectivity index (χ0n) is 17.9. The lowest BCUT2D eigenvalue weighted by Gasteiger charge is -2.17. The molecule has 1 saturated heterocycles. The number of unbranched alkanes of at least 4 members (excludes halogenated alkanes) is 1. The third-order valence-electron chi connectivity index (χ3n) is 5.33. The van der Waals surface area contributed by atoms with Gasteiger partial charge in [0.05, 0.1) is 18.7 Å². The summed E-state index contributed by atoms with van der Waals surface area (Å²) >= 11 is 0. The molecule has 2 aromatic carbocycles. The molecule has 2 amide bonds. The molecule has 1 aliphatic rings. The molecule has 0 aromatic heterocycles. The Morgan fingerprint density at radius 1 is 1.20 bits per heavy atom. The second-order valence-corrected chi connectivity index (χ2v) is 7.68. The summed E-state index contributed by atoms with van der Waals surface area (Å²) in [5, 5.41) is 4.04. The van der Waals surface area contributed by atoms with E-state index in [0.717, 1.165) is 35.4 Å². The van der Waals surface area contributed by atoms with Crippen LogP contribution in [-0.4, -0.2) is 31.2 Å².